The number of hydrogen-bond donors (Lipinski definition) is 3. The highest BCUT2D eigenvalue weighted by atomic mass is 16.5. The summed E-state index contributed by atoms with van der Waals surface area (Å²) in [6, 6.07) is 16.9. The number of nitrogens with zero attached hydrogens (tertiary/aromatic N) is 1. The van der Waals surface area contributed by atoms with Crippen LogP contribution in [0.25, 0.3) is 6.08 Å². The molecule has 2 amide bonds. The fraction of sp³-hybridized carbons (Fsp3) is 0.0455. The van der Waals surface area contributed by atoms with Gasteiger partial charge in [0, 0.05) is 18.3 Å². The first kappa shape index (κ1) is 20.4. The van der Waals surface area contributed by atoms with Crippen LogP contribution in [0.4, 0.5) is 0 Å². The first-order chi connectivity index (χ1) is 14.5. The van der Waals surface area contributed by atoms with Crippen LogP contribution in [-0.2, 0) is 4.79 Å². The number of aromatic hydroxyl groups is 1. The van der Waals surface area contributed by atoms with Gasteiger partial charge in [-0.15, -0.1) is 0 Å². The lowest BCUT2D eigenvalue weighted by molar-refractivity contribution is -0.117. The Morgan fingerprint density at radius 1 is 1.00 bits per heavy atom. The van der Waals surface area contributed by atoms with Gasteiger partial charge in [0.25, 0.3) is 11.8 Å². The van der Waals surface area contributed by atoms with E-state index < -0.39 is 11.8 Å². The fourth-order valence-electron chi connectivity index (χ4n) is 2.43. The summed E-state index contributed by atoms with van der Waals surface area (Å²) in [5.74, 6) is 0.185. The second kappa shape index (κ2) is 9.74. The van der Waals surface area contributed by atoms with E-state index in [0.717, 1.165) is 0 Å². The normalized spacial score (nSPS) is 10.4. The highest BCUT2D eigenvalue weighted by molar-refractivity contribution is 5.97. The zero-order valence-electron chi connectivity index (χ0n) is 16.0. The number of hydrazine groups is 1. The van der Waals surface area contributed by atoms with Gasteiger partial charge in [-0.2, -0.15) is 0 Å². The smallest absolute Gasteiger partial charge is 0.288 e. The van der Waals surface area contributed by atoms with Crippen molar-refractivity contribution in [3.05, 3.63) is 84.2 Å². The van der Waals surface area contributed by atoms with Gasteiger partial charge in [-0.05, 0) is 42.0 Å². The number of benzene rings is 2. The van der Waals surface area contributed by atoms with E-state index in [9.17, 15) is 14.7 Å². The monoisotopic (exact) mass is 405 g/mol. The molecule has 2 aromatic carbocycles. The van der Waals surface area contributed by atoms with Crippen LogP contribution in [-0.4, -0.2) is 29.0 Å². The molecule has 0 bridgehead atoms. The van der Waals surface area contributed by atoms with Crippen LogP contribution in [0.2, 0.25) is 0 Å². The number of ether oxygens (including phenoxy) is 2. The van der Waals surface area contributed by atoms with Crippen LogP contribution in [0.15, 0.2) is 72.9 Å². The standard InChI is InChI=1S/C22H19N3O5/c1-29-20-9-7-15(13-19(20)26)8-10-21(27)24-25-22(28)18-14-17(11-12-23-18)30-16-5-3-2-4-6-16/h2-14,26H,1H3,(H,24,27)(H,25,28). The quantitative estimate of drug-likeness (QED) is 0.430. The Labute approximate surface area is 172 Å². The highest BCUT2D eigenvalue weighted by Gasteiger charge is 2.09. The fourth-order valence-corrected chi connectivity index (χ4v) is 2.43. The van der Waals surface area contributed by atoms with Crippen molar-refractivity contribution in [2.24, 2.45) is 0 Å². The van der Waals surface area contributed by atoms with Gasteiger partial charge < -0.3 is 14.6 Å². The molecular weight excluding hydrogens is 386 g/mol. The van der Waals surface area contributed by atoms with E-state index in [-0.39, 0.29) is 11.4 Å². The number of hydrogen-bond acceptors (Lipinski definition) is 6. The molecule has 0 unspecified atom stereocenters. The summed E-state index contributed by atoms with van der Waals surface area (Å²) in [6.07, 6.45) is 4.13. The van der Waals surface area contributed by atoms with Crippen molar-refractivity contribution in [1.29, 1.82) is 0 Å². The lowest BCUT2D eigenvalue weighted by Crippen LogP contribution is -2.41. The maximum atomic E-state index is 12.2. The average molecular weight is 405 g/mol. The maximum Gasteiger partial charge on any atom is 0.288 e. The zero-order valence-corrected chi connectivity index (χ0v) is 16.0. The minimum absolute atomic E-state index is 0.0444. The van der Waals surface area contributed by atoms with Gasteiger partial charge in [-0.25, -0.2) is 0 Å². The highest BCUT2D eigenvalue weighted by Crippen LogP contribution is 2.26. The largest absolute Gasteiger partial charge is 0.504 e. The summed E-state index contributed by atoms with van der Waals surface area (Å²) >= 11 is 0. The van der Waals surface area contributed by atoms with Crippen molar-refractivity contribution in [3.8, 4) is 23.0 Å². The number of phenolic OH excluding ortho intramolecular Hbond substituents is 1. The zero-order chi connectivity index (χ0) is 21.3. The molecule has 3 N–H and O–H groups in total. The number of carbonyl (C=O) groups excluding carboxylic acids is 2. The number of amides is 2. The van der Waals surface area contributed by atoms with E-state index >= 15 is 0 Å². The summed E-state index contributed by atoms with van der Waals surface area (Å²) in [7, 11) is 1.44. The van der Waals surface area contributed by atoms with Crippen molar-refractivity contribution in [1.82, 2.24) is 15.8 Å². The van der Waals surface area contributed by atoms with Crippen molar-refractivity contribution >= 4 is 17.9 Å². The van der Waals surface area contributed by atoms with Crippen molar-refractivity contribution < 1.29 is 24.2 Å². The number of pyridine rings is 1. The lowest BCUT2D eigenvalue weighted by Gasteiger charge is -2.08. The molecule has 0 aliphatic carbocycles. The van der Waals surface area contributed by atoms with Crippen LogP contribution in [0.5, 0.6) is 23.0 Å². The maximum absolute atomic E-state index is 12.2. The minimum atomic E-state index is -0.600. The molecule has 1 heterocycles. The minimum Gasteiger partial charge on any atom is -0.504 e. The number of rotatable bonds is 6. The predicted octanol–water partition coefficient (Wildman–Crippen LogP) is 3.06. The summed E-state index contributed by atoms with van der Waals surface area (Å²) in [5.41, 5.74) is 5.20. The van der Waals surface area contributed by atoms with Gasteiger partial charge in [0.1, 0.15) is 17.2 Å². The Morgan fingerprint density at radius 3 is 2.53 bits per heavy atom. The molecule has 0 fully saturated rings. The first-order valence-electron chi connectivity index (χ1n) is 8.89. The Hall–Kier alpha value is -4.33. The molecule has 8 heteroatoms. The third-order valence-corrected chi connectivity index (χ3v) is 3.87. The number of nitrogens with one attached hydrogen (secondary N) is 2. The van der Waals surface area contributed by atoms with E-state index in [2.05, 4.69) is 15.8 Å². The molecule has 0 atom stereocenters. The van der Waals surface area contributed by atoms with Crippen LogP contribution in [0, 0.1) is 0 Å². The number of methoxy groups -OCH3 is 1. The number of para-hydroxylation sites is 1. The average Bonchev–Trinajstić information content (AvgIpc) is 2.77. The molecular formula is C22H19N3O5. The molecule has 1 aromatic heterocycles. The predicted molar refractivity (Wildman–Crippen MR) is 110 cm³/mol. The number of aromatic nitrogens is 1. The molecule has 0 spiro atoms. The van der Waals surface area contributed by atoms with E-state index in [4.69, 9.17) is 9.47 Å². The van der Waals surface area contributed by atoms with E-state index in [1.54, 1.807) is 30.3 Å². The van der Waals surface area contributed by atoms with Crippen LogP contribution >= 0.6 is 0 Å². The van der Waals surface area contributed by atoms with Gasteiger partial charge in [-0.3, -0.25) is 25.4 Å². The molecule has 0 saturated heterocycles. The van der Waals surface area contributed by atoms with Gasteiger partial charge in [0.05, 0.1) is 7.11 Å². The molecule has 0 aliphatic rings. The van der Waals surface area contributed by atoms with E-state index in [1.807, 2.05) is 18.2 Å². The first-order valence-corrected chi connectivity index (χ1v) is 8.89. The molecule has 3 rings (SSSR count). The Morgan fingerprint density at radius 2 is 1.80 bits per heavy atom. The van der Waals surface area contributed by atoms with Crippen LogP contribution in [0.1, 0.15) is 16.1 Å². The van der Waals surface area contributed by atoms with Gasteiger partial charge >= 0.3 is 0 Å². The van der Waals surface area contributed by atoms with Gasteiger partial charge in [-0.1, -0.05) is 24.3 Å². The van der Waals surface area contributed by atoms with Gasteiger partial charge in [0.2, 0.25) is 0 Å². The Kier molecular flexibility index (Phi) is 6.63. The molecule has 152 valence electrons. The summed E-state index contributed by atoms with van der Waals surface area (Å²) in [4.78, 5) is 28.1. The Bertz CT molecular complexity index is 1070. The number of carbonyl (C=O) groups is 2. The van der Waals surface area contributed by atoms with E-state index in [0.29, 0.717) is 22.8 Å². The molecule has 8 nitrogen and oxygen atoms in total. The molecule has 3 aromatic rings. The molecule has 0 radical (unpaired) electrons. The van der Waals surface area contributed by atoms with Crippen LogP contribution < -0.4 is 20.3 Å². The SMILES string of the molecule is COc1ccc(C=CC(=O)NNC(=O)c2cc(Oc3ccccc3)ccn2)cc1O. The molecule has 0 saturated carbocycles. The third-order valence-electron chi connectivity index (χ3n) is 3.87. The number of phenols is 1. The molecule has 30 heavy (non-hydrogen) atoms. The second-order valence-electron chi connectivity index (χ2n) is 6.00. The van der Waals surface area contributed by atoms with Crippen molar-refractivity contribution in [3.63, 3.8) is 0 Å². The van der Waals surface area contributed by atoms with Crippen LogP contribution in [0.3, 0.4) is 0 Å². The van der Waals surface area contributed by atoms with Gasteiger partial charge in [0.15, 0.2) is 11.5 Å². The third kappa shape index (κ3) is 5.59. The van der Waals surface area contributed by atoms with Crippen molar-refractivity contribution in [2.45, 2.75) is 0 Å². The topological polar surface area (TPSA) is 110 Å². The lowest BCUT2D eigenvalue weighted by atomic mass is 10.2. The second-order valence-corrected chi connectivity index (χ2v) is 6.00. The molecule has 0 aliphatic heterocycles. The van der Waals surface area contributed by atoms with Crippen molar-refractivity contribution in [2.75, 3.05) is 7.11 Å². The summed E-state index contributed by atoms with van der Waals surface area (Å²) in [5, 5.41) is 9.74. The summed E-state index contributed by atoms with van der Waals surface area (Å²) < 4.78 is 10.6. The summed E-state index contributed by atoms with van der Waals surface area (Å²) in [6.45, 7) is 0. The Balaban J connectivity index is 1.55. The van der Waals surface area contributed by atoms with E-state index in [1.165, 1.54) is 37.6 Å².